The van der Waals surface area contributed by atoms with Gasteiger partial charge in [-0.3, -0.25) is 4.79 Å². The van der Waals surface area contributed by atoms with Gasteiger partial charge in [-0.15, -0.1) is 0 Å². The number of hydrogen-bond acceptors (Lipinski definition) is 2. The van der Waals surface area contributed by atoms with Crippen LogP contribution in [0, 0.1) is 12.8 Å². The van der Waals surface area contributed by atoms with Crippen LogP contribution in [-0.4, -0.2) is 30.6 Å². The van der Waals surface area contributed by atoms with Crippen LogP contribution in [0.15, 0.2) is 18.2 Å². The van der Waals surface area contributed by atoms with E-state index in [-0.39, 0.29) is 5.91 Å². The van der Waals surface area contributed by atoms with E-state index in [1.807, 2.05) is 17.0 Å². The van der Waals surface area contributed by atoms with E-state index in [2.05, 4.69) is 13.0 Å². The summed E-state index contributed by atoms with van der Waals surface area (Å²) < 4.78 is 5.36. The van der Waals surface area contributed by atoms with E-state index in [9.17, 15) is 4.79 Å². The predicted octanol–water partition coefficient (Wildman–Crippen LogP) is 1.99. The molecule has 1 amide bonds. The SMILES string of the molecule is Cc1ccc2c(c1)CN(CC1CCOC1)C2=O. The molecule has 90 valence electrons. The van der Waals surface area contributed by atoms with Gasteiger partial charge in [-0.2, -0.15) is 0 Å². The topological polar surface area (TPSA) is 29.5 Å². The average molecular weight is 231 g/mol. The van der Waals surface area contributed by atoms with Gasteiger partial charge in [0.25, 0.3) is 5.91 Å². The van der Waals surface area contributed by atoms with E-state index in [0.29, 0.717) is 5.92 Å². The van der Waals surface area contributed by atoms with E-state index < -0.39 is 0 Å². The van der Waals surface area contributed by atoms with Crippen LogP contribution in [0.4, 0.5) is 0 Å². The third-order valence-corrected chi connectivity index (χ3v) is 3.64. The molecule has 1 unspecified atom stereocenters. The summed E-state index contributed by atoms with van der Waals surface area (Å²) in [6, 6.07) is 6.09. The summed E-state index contributed by atoms with van der Waals surface area (Å²) >= 11 is 0. The molecular formula is C14H17NO2. The minimum Gasteiger partial charge on any atom is -0.381 e. The van der Waals surface area contributed by atoms with Crippen molar-refractivity contribution in [3.05, 3.63) is 34.9 Å². The Morgan fingerprint density at radius 2 is 2.35 bits per heavy atom. The second-order valence-corrected chi connectivity index (χ2v) is 5.08. The molecule has 1 atom stereocenters. The first kappa shape index (κ1) is 10.8. The van der Waals surface area contributed by atoms with Crippen molar-refractivity contribution in [2.24, 2.45) is 5.92 Å². The van der Waals surface area contributed by atoms with Crippen molar-refractivity contribution in [1.82, 2.24) is 4.90 Å². The molecule has 2 heterocycles. The normalized spacial score (nSPS) is 23.2. The maximum absolute atomic E-state index is 12.2. The summed E-state index contributed by atoms with van der Waals surface area (Å²) in [6.07, 6.45) is 1.08. The molecule has 3 heteroatoms. The fourth-order valence-corrected chi connectivity index (χ4v) is 2.70. The minimum absolute atomic E-state index is 0.187. The predicted molar refractivity (Wildman–Crippen MR) is 64.8 cm³/mol. The first-order chi connectivity index (χ1) is 8.24. The van der Waals surface area contributed by atoms with Gasteiger partial charge in [0.1, 0.15) is 0 Å². The standard InChI is InChI=1S/C14H17NO2/c1-10-2-3-13-12(6-10)8-15(14(13)16)7-11-4-5-17-9-11/h2-3,6,11H,4-5,7-9H2,1H3. The molecule has 0 aliphatic carbocycles. The summed E-state index contributed by atoms with van der Waals surface area (Å²) in [5.74, 6) is 0.709. The number of carbonyl (C=O) groups is 1. The van der Waals surface area contributed by atoms with Crippen LogP contribution in [0.25, 0.3) is 0 Å². The molecule has 0 aromatic heterocycles. The molecule has 0 N–H and O–H groups in total. The number of aryl methyl sites for hydroxylation is 1. The Bertz CT molecular complexity index is 450. The second kappa shape index (κ2) is 4.15. The van der Waals surface area contributed by atoms with Crippen LogP contribution in [0.5, 0.6) is 0 Å². The highest BCUT2D eigenvalue weighted by molar-refractivity contribution is 5.98. The fourth-order valence-electron chi connectivity index (χ4n) is 2.70. The van der Waals surface area contributed by atoms with Crippen LogP contribution < -0.4 is 0 Å². The third kappa shape index (κ3) is 1.95. The Balaban J connectivity index is 1.76. The zero-order valence-electron chi connectivity index (χ0n) is 10.1. The van der Waals surface area contributed by atoms with Gasteiger partial charge >= 0.3 is 0 Å². The van der Waals surface area contributed by atoms with Gasteiger partial charge in [0, 0.05) is 31.2 Å². The Kier molecular flexibility index (Phi) is 2.63. The zero-order chi connectivity index (χ0) is 11.8. The number of fused-ring (bicyclic) bond motifs is 1. The van der Waals surface area contributed by atoms with Crippen LogP contribution in [0.2, 0.25) is 0 Å². The molecule has 0 saturated carbocycles. The average Bonchev–Trinajstić information content (AvgIpc) is 2.89. The lowest BCUT2D eigenvalue weighted by molar-refractivity contribution is 0.0744. The minimum atomic E-state index is 0.187. The molecule has 0 radical (unpaired) electrons. The maximum atomic E-state index is 12.2. The summed E-state index contributed by atoms with van der Waals surface area (Å²) in [5.41, 5.74) is 3.28. The van der Waals surface area contributed by atoms with Crippen molar-refractivity contribution in [1.29, 1.82) is 0 Å². The van der Waals surface area contributed by atoms with Crippen LogP contribution in [0.3, 0.4) is 0 Å². The van der Waals surface area contributed by atoms with Crippen molar-refractivity contribution in [3.8, 4) is 0 Å². The first-order valence-corrected chi connectivity index (χ1v) is 6.20. The number of hydrogen-bond donors (Lipinski definition) is 0. The first-order valence-electron chi connectivity index (χ1n) is 6.20. The molecule has 3 rings (SSSR count). The Labute approximate surface area is 101 Å². The van der Waals surface area contributed by atoms with Crippen molar-refractivity contribution in [2.45, 2.75) is 19.9 Å². The highest BCUT2D eigenvalue weighted by Crippen LogP contribution is 2.26. The van der Waals surface area contributed by atoms with Gasteiger partial charge in [0.2, 0.25) is 0 Å². The Hall–Kier alpha value is -1.35. The number of carbonyl (C=O) groups excluding carboxylic acids is 1. The van der Waals surface area contributed by atoms with Gasteiger partial charge in [0.15, 0.2) is 0 Å². The number of ether oxygens (including phenoxy) is 1. The summed E-state index contributed by atoms with van der Waals surface area (Å²) in [4.78, 5) is 14.1. The number of amides is 1. The lowest BCUT2D eigenvalue weighted by atomic mass is 10.1. The Morgan fingerprint density at radius 1 is 1.47 bits per heavy atom. The smallest absolute Gasteiger partial charge is 0.254 e. The molecule has 2 aliphatic heterocycles. The molecule has 1 aromatic rings. The summed E-state index contributed by atoms with van der Waals surface area (Å²) in [6.45, 7) is 5.33. The maximum Gasteiger partial charge on any atom is 0.254 e. The van der Waals surface area contributed by atoms with E-state index in [1.54, 1.807) is 0 Å². The highest BCUT2D eigenvalue weighted by atomic mass is 16.5. The molecule has 1 saturated heterocycles. The highest BCUT2D eigenvalue weighted by Gasteiger charge is 2.30. The van der Waals surface area contributed by atoms with E-state index in [0.717, 1.165) is 38.3 Å². The fraction of sp³-hybridized carbons (Fsp3) is 0.500. The van der Waals surface area contributed by atoms with Crippen molar-refractivity contribution >= 4 is 5.91 Å². The van der Waals surface area contributed by atoms with Crippen molar-refractivity contribution < 1.29 is 9.53 Å². The van der Waals surface area contributed by atoms with Crippen molar-refractivity contribution in [3.63, 3.8) is 0 Å². The van der Waals surface area contributed by atoms with Crippen LogP contribution in [0.1, 0.15) is 27.9 Å². The van der Waals surface area contributed by atoms with Gasteiger partial charge < -0.3 is 9.64 Å². The Morgan fingerprint density at radius 3 is 3.12 bits per heavy atom. The van der Waals surface area contributed by atoms with Crippen molar-refractivity contribution in [2.75, 3.05) is 19.8 Å². The zero-order valence-corrected chi connectivity index (χ0v) is 10.1. The number of rotatable bonds is 2. The molecule has 0 spiro atoms. The lowest BCUT2D eigenvalue weighted by Crippen LogP contribution is -2.30. The third-order valence-electron chi connectivity index (χ3n) is 3.64. The molecule has 0 bridgehead atoms. The lowest BCUT2D eigenvalue weighted by Gasteiger charge is -2.19. The van der Waals surface area contributed by atoms with E-state index >= 15 is 0 Å². The van der Waals surface area contributed by atoms with Crippen LogP contribution in [-0.2, 0) is 11.3 Å². The molecule has 1 fully saturated rings. The van der Waals surface area contributed by atoms with Crippen LogP contribution >= 0.6 is 0 Å². The number of benzene rings is 1. The van der Waals surface area contributed by atoms with E-state index in [4.69, 9.17) is 4.74 Å². The second-order valence-electron chi connectivity index (χ2n) is 5.08. The van der Waals surface area contributed by atoms with Gasteiger partial charge in [-0.25, -0.2) is 0 Å². The van der Waals surface area contributed by atoms with Gasteiger partial charge in [-0.05, 0) is 25.0 Å². The number of nitrogens with zero attached hydrogens (tertiary/aromatic N) is 1. The van der Waals surface area contributed by atoms with E-state index in [1.165, 1.54) is 11.1 Å². The monoisotopic (exact) mass is 231 g/mol. The molecule has 3 nitrogen and oxygen atoms in total. The molecule has 2 aliphatic rings. The summed E-state index contributed by atoms with van der Waals surface area (Å²) in [5, 5.41) is 0. The summed E-state index contributed by atoms with van der Waals surface area (Å²) in [7, 11) is 0. The van der Waals surface area contributed by atoms with Gasteiger partial charge in [-0.1, -0.05) is 17.7 Å². The quantitative estimate of drug-likeness (QED) is 0.779. The molecule has 17 heavy (non-hydrogen) atoms. The van der Waals surface area contributed by atoms with Gasteiger partial charge in [0.05, 0.1) is 6.61 Å². The largest absolute Gasteiger partial charge is 0.381 e. The molecular weight excluding hydrogens is 214 g/mol. The molecule has 1 aromatic carbocycles.